The quantitative estimate of drug-likeness (QED) is 0.752. The molecule has 0 radical (unpaired) electrons. The van der Waals surface area contributed by atoms with Crippen molar-refractivity contribution in [2.24, 2.45) is 0 Å². The minimum Gasteiger partial charge on any atom is -0.378 e. The van der Waals surface area contributed by atoms with E-state index in [1.165, 1.54) is 0 Å². The van der Waals surface area contributed by atoms with Crippen LogP contribution in [-0.4, -0.2) is 50.9 Å². The van der Waals surface area contributed by atoms with Crippen LogP contribution in [0.5, 0.6) is 0 Å². The zero-order valence-electron chi connectivity index (χ0n) is 13.4. The molecule has 1 fully saturated rings. The first-order chi connectivity index (χ1) is 12.3. The molecule has 1 amide bonds. The molecule has 8 nitrogen and oxygen atoms in total. The number of anilines is 1. The van der Waals surface area contributed by atoms with Crippen LogP contribution in [0.15, 0.2) is 30.5 Å². The lowest BCUT2D eigenvalue weighted by Gasteiger charge is -2.26. The number of aromatic nitrogens is 4. The maximum absolute atomic E-state index is 12.3. The zero-order valence-corrected chi connectivity index (χ0v) is 14.2. The van der Waals surface area contributed by atoms with Gasteiger partial charge in [0.05, 0.1) is 37.2 Å². The average Bonchev–Trinajstić information content (AvgIpc) is 3.15. The van der Waals surface area contributed by atoms with Crippen LogP contribution in [0.2, 0.25) is 0 Å². The van der Waals surface area contributed by atoms with Gasteiger partial charge in [0, 0.05) is 24.8 Å². The first-order valence-electron chi connectivity index (χ1n) is 7.95. The number of amides is 1. The summed E-state index contributed by atoms with van der Waals surface area (Å²) < 4.78 is 13.6. The van der Waals surface area contributed by atoms with Gasteiger partial charge < -0.3 is 15.0 Å². The Morgan fingerprint density at radius 1 is 1.20 bits per heavy atom. The molecule has 1 N–H and O–H groups in total. The Kier molecular flexibility index (Phi) is 4.49. The smallest absolute Gasteiger partial charge is 0.251 e. The molecule has 0 saturated carbocycles. The van der Waals surface area contributed by atoms with Gasteiger partial charge in [-0.15, -0.1) is 0 Å². The predicted octanol–water partition coefficient (Wildman–Crippen LogP) is 1.25. The third-order valence-corrected chi connectivity index (χ3v) is 4.50. The number of carbonyl (C=O) groups excluding carboxylic acids is 1. The first-order valence-corrected chi connectivity index (χ1v) is 8.68. The van der Waals surface area contributed by atoms with Gasteiger partial charge in [-0.3, -0.25) is 4.79 Å². The molecule has 3 heterocycles. The van der Waals surface area contributed by atoms with E-state index in [1.807, 2.05) is 0 Å². The summed E-state index contributed by atoms with van der Waals surface area (Å²) in [7, 11) is 0. The average molecular weight is 356 g/mol. The van der Waals surface area contributed by atoms with E-state index in [4.69, 9.17) is 4.74 Å². The van der Waals surface area contributed by atoms with Gasteiger partial charge in [-0.1, -0.05) is 0 Å². The Morgan fingerprint density at radius 3 is 2.92 bits per heavy atom. The van der Waals surface area contributed by atoms with Crippen molar-refractivity contribution >= 4 is 34.6 Å². The number of carbonyl (C=O) groups is 1. The summed E-state index contributed by atoms with van der Waals surface area (Å²) in [6, 6.07) is 7.10. The molecule has 2 aromatic heterocycles. The monoisotopic (exact) mass is 356 g/mol. The van der Waals surface area contributed by atoms with Crippen molar-refractivity contribution in [3.63, 3.8) is 0 Å². The number of ether oxygens (including phenoxy) is 1. The third-order valence-electron chi connectivity index (χ3n) is 3.94. The van der Waals surface area contributed by atoms with Crippen LogP contribution in [0.4, 0.5) is 5.95 Å². The van der Waals surface area contributed by atoms with Crippen molar-refractivity contribution in [1.82, 2.24) is 24.0 Å². The maximum Gasteiger partial charge on any atom is 0.251 e. The van der Waals surface area contributed by atoms with E-state index in [0.717, 1.165) is 41.5 Å². The molecule has 1 saturated heterocycles. The number of hydrogen-bond donors (Lipinski definition) is 1. The number of rotatable bonds is 4. The zero-order chi connectivity index (χ0) is 17.1. The molecular formula is C16H16N6O2S. The summed E-state index contributed by atoms with van der Waals surface area (Å²) in [4.78, 5) is 23.3. The predicted molar refractivity (Wildman–Crippen MR) is 93.6 cm³/mol. The summed E-state index contributed by atoms with van der Waals surface area (Å²) >= 11 is 1.14. The number of nitrogens with zero attached hydrogens (tertiary/aromatic N) is 5. The van der Waals surface area contributed by atoms with Crippen LogP contribution in [-0.2, 0) is 11.3 Å². The first kappa shape index (κ1) is 15.9. The fourth-order valence-corrected chi connectivity index (χ4v) is 3.11. The minimum absolute atomic E-state index is 0.165. The van der Waals surface area contributed by atoms with Crippen molar-refractivity contribution in [1.29, 1.82) is 0 Å². The standard InChI is InChI=1S/C16H16N6O2S/c23-15(11-1-2-13-14(9-11)21-25-20-13)18-10-12-3-4-17-16(19-12)22-5-7-24-8-6-22/h1-4,9H,5-8,10H2,(H,18,23). The lowest BCUT2D eigenvalue weighted by atomic mass is 10.2. The molecule has 9 heteroatoms. The summed E-state index contributed by atoms with van der Waals surface area (Å²) in [5, 5.41) is 2.89. The van der Waals surface area contributed by atoms with Gasteiger partial charge in [0.2, 0.25) is 5.95 Å². The lowest BCUT2D eigenvalue weighted by molar-refractivity contribution is 0.0950. The van der Waals surface area contributed by atoms with Crippen LogP contribution >= 0.6 is 11.7 Å². The van der Waals surface area contributed by atoms with Crippen molar-refractivity contribution in [2.45, 2.75) is 6.54 Å². The molecule has 0 spiro atoms. The fraction of sp³-hybridized carbons (Fsp3) is 0.312. The Hall–Kier alpha value is -2.65. The second kappa shape index (κ2) is 7.08. The highest BCUT2D eigenvalue weighted by Gasteiger charge is 2.14. The van der Waals surface area contributed by atoms with Gasteiger partial charge in [0.15, 0.2) is 0 Å². The Bertz CT molecular complexity index is 893. The van der Waals surface area contributed by atoms with Crippen molar-refractivity contribution in [3.8, 4) is 0 Å². The molecule has 0 bridgehead atoms. The van der Waals surface area contributed by atoms with Crippen LogP contribution in [0.3, 0.4) is 0 Å². The van der Waals surface area contributed by atoms with E-state index >= 15 is 0 Å². The number of benzene rings is 1. The number of hydrogen-bond acceptors (Lipinski definition) is 8. The molecule has 0 aliphatic carbocycles. The molecule has 0 atom stereocenters. The molecule has 128 valence electrons. The highest BCUT2D eigenvalue weighted by molar-refractivity contribution is 7.00. The van der Waals surface area contributed by atoms with E-state index in [1.54, 1.807) is 30.5 Å². The fourth-order valence-electron chi connectivity index (χ4n) is 2.59. The van der Waals surface area contributed by atoms with Crippen LogP contribution in [0.1, 0.15) is 16.1 Å². The van der Waals surface area contributed by atoms with E-state index in [2.05, 4.69) is 28.9 Å². The summed E-state index contributed by atoms with van der Waals surface area (Å²) in [5.74, 6) is 0.506. The van der Waals surface area contributed by atoms with Gasteiger partial charge in [-0.2, -0.15) is 8.75 Å². The Labute approximate surface area is 148 Å². The molecule has 1 aliphatic heterocycles. The van der Waals surface area contributed by atoms with E-state index in [9.17, 15) is 4.79 Å². The molecule has 1 aromatic carbocycles. The normalized spacial score (nSPS) is 14.6. The Morgan fingerprint density at radius 2 is 2.04 bits per heavy atom. The second-order valence-corrected chi connectivity index (χ2v) is 6.13. The van der Waals surface area contributed by atoms with Gasteiger partial charge in [0.1, 0.15) is 11.0 Å². The van der Waals surface area contributed by atoms with E-state index in [0.29, 0.717) is 31.3 Å². The van der Waals surface area contributed by atoms with E-state index < -0.39 is 0 Å². The molecular weight excluding hydrogens is 340 g/mol. The van der Waals surface area contributed by atoms with Crippen molar-refractivity contribution in [2.75, 3.05) is 31.2 Å². The number of nitrogens with one attached hydrogen (secondary N) is 1. The molecule has 25 heavy (non-hydrogen) atoms. The molecule has 3 aromatic rings. The Balaban J connectivity index is 1.42. The van der Waals surface area contributed by atoms with Crippen LogP contribution in [0, 0.1) is 0 Å². The number of fused-ring (bicyclic) bond motifs is 1. The lowest BCUT2D eigenvalue weighted by Crippen LogP contribution is -2.37. The van der Waals surface area contributed by atoms with Gasteiger partial charge >= 0.3 is 0 Å². The molecule has 1 aliphatic rings. The van der Waals surface area contributed by atoms with Crippen molar-refractivity contribution in [3.05, 3.63) is 41.7 Å². The van der Waals surface area contributed by atoms with Crippen LogP contribution < -0.4 is 10.2 Å². The topological polar surface area (TPSA) is 93.1 Å². The largest absolute Gasteiger partial charge is 0.378 e. The maximum atomic E-state index is 12.3. The second-order valence-electron chi connectivity index (χ2n) is 5.60. The minimum atomic E-state index is -0.165. The highest BCUT2D eigenvalue weighted by atomic mass is 32.1. The highest BCUT2D eigenvalue weighted by Crippen LogP contribution is 2.14. The van der Waals surface area contributed by atoms with Gasteiger partial charge in [-0.25, -0.2) is 9.97 Å². The summed E-state index contributed by atoms with van der Waals surface area (Å²) in [6.45, 7) is 3.25. The van der Waals surface area contributed by atoms with Crippen LogP contribution in [0.25, 0.3) is 11.0 Å². The van der Waals surface area contributed by atoms with Gasteiger partial charge in [-0.05, 0) is 24.3 Å². The van der Waals surface area contributed by atoms with Gasteiger partial charge in [0.25, 0.3) is 5.91 Å². The molecule has 4 rings (SSSR count). The number of morpholine rings is 1. The summed E-state index contributed by atoms with van der Waals surface area (Å²) in [6.07, 6.45) is 1.71. The third kappa shape index (κ3) is 3.57. The van der Waals surface area contributed by atoms with E-state index in [-0.39, 0.29) is 5.91 Å². The SMILES string of the molecule is O=C(NCc1ccnc(N2CCOCC2)n1)c1ccc2nsnc2c1. The summed E-state index contributed by atoms with van der Waals surface area (Å²) in [5.41, 5.74) is 2.85. The van der Waals surface area contributed by atoms with Crippen molar-refractivity contribution < 1.29 is 9.53 Å². The molecule has 0 unspecified atom stereocenters.